The van der Waals surface area contributed by atoms with Crippen LogP contribution in [0, 0.1) is 11.3 Å². The summed E-state index contributed by atoms with van der Waals surface area (Å²) in [5.41, 5.74) is -0.795. The number of carbonyl (C=O) groups is 2. The van der Waals surface area contributed by atoms with Crippen LogP contribution in [0.2, 0.25) is 0 Å². The van der Waals surface area contributed by atoms with Crippen LogP contribution in [0.15, 0.2) is 0 Å². The molecule has 1 amide bonds. The van der Waals surface area contributed by atoms with Crippen molar-refractivity contribution in [1.29, 1.82) is 5.26 Å². The number of ether oxygens (including phenoxy) is 1. The molecule has 6 heteroatoms. The second-order valence-electron chi connectivity index (χ2n) is 6.96. The largest absolute Gasteiger partial charge is 0.451 e. The van der Waals surface area contributed by atoms with Gasteiger partial charge >= 0.3 is 5.97 Å². The Morgan fingerprint density at radius 1 is 1.29 bits per heavy atom. The van der Waals surface area contributed by atoms with E-state index in [2.05, 4.69) is 16.3 Å². The standard InChI is InChI=1S/C18H29N3O3/c1-3-21-12-8-5-9-15(21)17(23)24-14(2)16(22)20-18(13-19)10-6-4-7-11-18/h14-15H,3-12H2,1-2H3,(H,20,22)/t14-,15-/m0/s1. The van der Waals surface area contributed by atoms with Crippen molar-refractivity contribution < 1.29 is 14.3 Å². The fraction of sp³-hybridized carbons (Fsp3) is 0.833. The summed E-state index contributed by atoms with van der Waals surface area (Å²) in [6.45, 7) is 5.31. The van der Waals surface area contributed by atoms with Crippen LogP contribution in [0.3, 0.4) is 0 Å². The smallest absolute Gasteiger partial charge is 0.324 e. The Kier molecular flexibility index (Phi) is 6.61. The van der Waals surface area contributed by atoms with E-state index in [1.54, 1.807) is 6.92 Å². The topological polar surface area (TPSA) is 82.4 Å². The second-order valence-corrected chi connectivity index (χ2v) is 6.96. The molecule has 1 heterocycles. The number of esters is 1. The Hall–Kier alpha value is -1.61. The van der Waals surface area contributed by atoms with E-state index in [9.17, 15) is 14.9 Å². The molecule has 1 saturated carbocycles. The van der Waals surface area contributed by atoms with Gasteiger partial charge in [0.05, 0.1) is 6.07 Å². The molecule has 0 bridgehead atoms. The average Bonchev–Trinajstić information content (AvgIpc) is 2.62. The number of likely N-dealkylation sites (tertiary alicyclic amines) is 1. The van der Waals surface area contributed by atoms with E-state index < -0.39 is 11.6 Å². The van der Waals surface area contributed by atoms with Crippen LogP contribution in [0.1, 0.15) is 65.2 Å². The number of carbonyl (C=O) groups excluding carboxylic acids is 2. The summed E-state index contributed by atoms with van der Waals surface area (Å²) < 4.78 is 5.41. The zero-order chi connectivity index (χ0) is 17.6. The minimum Gasteiger partial charge on any atom is -0.451 e. The van der Waals surface area contributed by atoms with Crippen LogP contribution in [0.4, 0.5) is 0 Å². The molecule has 0 radical (unpaired) electrons. The van der Waals surface area contributed by atoms with Gasteiger partial charge in [-0.2, -0.15) is 5.26 Å². The predicted octanol–water partition coefficient (Wildman–Crippen LogP) is 2.14. The molecule has 2 atom stereocenters. The number of rotatable bonds is 5. The Bertz CT molecular complexity index is 494. The number of likely N-dealkylation sites (N-methyl/N-ethyl adjacent to an activating group) is 1. The Balaban J connectivity index is 1.90. The highest BCUT2D eigenvalue weighted by atomic mass is 16.5. The Labute approximate surface area is 144 Å². The van der Waals surface area contributed by atoms with Gasteiger partial charge in [-0.05, 0) is 45.7 Å². The van der Waals surface area contributed by atoms with Crippen LogP contribution in [-0.2, 0) is 14.3 Å². The van der Waals surface area contributed by atoms with Crippen LogP contribution in [0.5, 0.6) is 0 Å². The van der Waals surface area contributed by atoms with Crippen molar-refractivity contribution in [2.45, 2.75) is 82.9 Å². The lowest BCUT2D eigenvalue weighted by molar-refractivity contribution is -0.161. The third-order valence-electron chi connectivity index (χ3n) is 5.24. The number of nitrogens with one attached hydrogen (secondary N) is 1. The van der Waals surface area contributed by atoms with Crippen LogP contribution < -0.4 is 5.32 Å². The number of hydrogen-bond acceptors (Lipinski definition) is 5. The highest BCUT2D eigenvalue weighted by Crippen LogP contribution is 2.27. The van der Waals surface area contributed by atoms with Crippen LogP contribution in [0.25, 0.3) is 0 Å². The fourth-order valence-corrected chi connectivity index (χ4v) is 3.70. The summed E-state index contributed by atoms with van der Waals surface area (Å²) in [5, 5.41) is 12.3. The monoisotopic (exact) mass is 335 g/mol. The lowest BCUT2D eigenvalue weighted by atomic mass is 9.83. The number of nitrogens with zero attached hydrogens (tertiary/aromatic N) is 2. The van der Waals surface area contributed by atoms with E-state index in [4.69, 9.17) is 4.74 Å². The number of hydrogen-bond donors (Lipinski definition) is 1. The molecule has 134 valence electrons. The Morgan fingerprint density at radius 3 is 2.62 bits per heavy atom. The minimum atomic E-state index is -0.870. The molecule has 0 unspecified atom stereocenters. The van der Waals surface area contributed by atoms with Gasteiger partial charge in [0.1, 0.15) is 11.6 Å². The van der Waals surface area contributed by atoms with Gasteiger partial charge in [-0.25, -0.2) is 0 Å². The van der Waals surface area contributed by atoms with Gasteiger partial charge in [-0.3, -0.25) is 14.5 Å². The van der Waals surface area contributed by atoms with Gasteiger partial charge in [-0.1, -0.05) is 32.6 Å². The maximum atomic E-state index is 12.4. The minimum absolute atomic E-state index is 0.251. The van der Waals surface area contributed by atoms with Crippen molar-refractivity contribution in [2.24, 2.45) is 0 Å². The molecule has 0 aromatic heterocycles. The lowest BCUT2D eigenvalue weighted by Crippen LogP contribution is -2.53. The molecule has 2 fully saturated rings. The van der Waals surface area contributed by atoms with Gasteiger partial charge < -0.3 is 10.1 Å². The first-order valence-corrected chi connectivity index (χ1v) is 9.19. The van der Waals surface area contributed by atoms with Crippen molar-refractivity contribution in [3.63, 3.8) is 0 Å². The number of piperidine rings is 1. The molecule has 1 saturated heterocycles. The zero-order valence-electron chi connectivity index (χ0n) is 14.8. The first-order chi connectivity index (χ1) is 11.5. The van der Waals surface area contributed by atoms with E-state index in [0.717, 1.165) is 51.6 Å². The molecule has 0 aromatic rings. The third-order valence-corrected chi connectivity index (χ3v) is 5.24. The molecule has 2 aliphatic rings. The fourth-order valence-electron chi connectivity index (χ4n) is 3.70. The lowest BCUT2D eigenvalue weighted by Gasteiger charge is -2.34. The van der Waals surface area contributed by atoms with E-state index >= 15 is 0 Å². The number of nitriles is 1. The van der Waals surface area contributed by atoms with Crippen molar-refractivity contribution in [3.05, 3.63) is 0 Å². The van der Waals surface area contributed by atoms with Crippen molar-refractivity contribution in [3.8, 4) is 6.07 Å². The van der Waals surface area contributed by atoms with Crippen LogP contribution in [-0.4, -0.2) is 47.6 Å². The second kappa shape index (κ2) is 8.48. The highest BCUT2D eigenvalue weighted by Gasteiger charge is 2.36. The van der Waals surface area contributed by atoms with E-state index in [0.29, 0.717) is 12.8 Å². The zero-order valence-corrected chi connectivity index (χ0v) is 14.8. The average molecular weight is 335 g/mol. The van der Waals surface area contributed by atoms with Gasteiger partial charge in [-0.15, -0.1) is 0 Å². The van der Waals surface area contributed by atoms with Crippen molar-refractivity contribution >= 4 is 11.9 Å². The van der Waals surface area contributed by atoms with Gasteiger partial charge in [0.2, 0.25) is 0 Å². The number of amides is 1. The molecule has 1 N–H and O–H groups in total. The molecule has 6 nitrogen and oxygen atoms in total. The molecular formula is C18H29N3O3. The van der Waals surface area contributed by atoms with Gasteiger partial charge in [0, 0.05) is 0 Å². The molecule has 24 heavy (non-hydrogen) atoms. The van der Waals surface area contributed by atoms with Crippen LogP contribution >= 0.6 is 0 Å². The SMILES string of the molecule is CCN1CCCC[C@H]1C(=O)O[C@@H](C)C(=O)NC1(C#N)CCCCC1. The summed E-state index contributed by atoms with van der Waals surface area (Å²) in [7, 11) is 0. The molecular weight excluding hydrogens is 306 g/mol. The normalized spacial score (nSPS) is 25.3. The highest BCUT2D eigenvalue weighted by molar-refractivity contribution is 5.85. The summed E-state index contributed by atoms with van der Waals surface area (Å²) in [4.78, 5) is 26.9. The quantitative estimate of drug-likeness (QED) is 0.778. The summed E-state index contributed by atoms with van der Waals surface area (Å²) in [5.74, 6) is -0.695. The summed E-state index contributed by atoms with van der Waals surface area (Å²) >= 11 is 0. The molecule has 2 rings (SSSR count). The maximum absolute atomic E-state index is 12.4. The molecule has 1 aliphatic carbocycles. The van der Waals surface area contributed by atoms with Gasteiger partial charge in [0.25, 0.3) is 5.91 Å². The van der Waals surface area contributed by atoms with Crippen molar-refractivity contribution in [1.82, 2.24) is 10.2 Å². The molecule has 0 aromatic carbocycles. The molecule has 1 aliphatic heterocycles. The first-order valence-electron chi connectivity index (χ1n) is 9.19. The maximum Gasteiger partial charge on any atom is 0.324 e. The molecule has 0 spiro atoms. The van der Waals surface area contributed by atoms with E-state index in [1.165, 1.54) is 0 Å². The van der Waals surface area contributed by atoms with Crippen molar-refractivity contribution in [2.75, 3.05) is 13.1 Å². The predicted molar refractivity (Wildman–Crippen MR) is 90.0 cm³/mol. The van der Waals surface area contributed by atoms with E-state index in [-0.39, 0.29) is 17.9 Å². The Morgan fingerprint density at radius 2 is 2.00 bits per heavy atom. The van der Waals surface area contributed by atoms with E-state index in [1.807, 2.05) is 6.92 Å². The first kappa shape index (κ1) is 18.7. The third kappa shape index (κ3) is 4.47. The summed E-state index contributed by atoms with van der Waals surface area (Å²) in [6, 6.07) is 2.00. The van der Waals surface area contributed by atoms with Gasteiger partial charge in [0.15, 0.2) is 6.10 Å². The summed E-state index contributed by atoms with van der Waals surface area (Å²) in [6.07, 6.45) is 6.33.